The summed E-state index contributed by atoms with van der Waals surface area (Å²) >= 11 is 2.03. The second kappa shape index (κ2) is 5.54. The molecule has 0 radical (unpaired) electrons. The minimum Gasteiger partial charge on any atom is -0.365 e. The van der Waals surface area contributed by atoms with Gasteiger partial charge in [0.15, 0.2) is 0 Å². The summed E-state index contributed by atoms with van der Waals surface area (Å²) in [5.41, 5.74) is 6.96. The quantitative estimate of drug-likeness (QED) is 0.849. The number of fused-ring (bicyclic) bond motifs is 1. The minimum atomic E-state index is -0.360. The average Bonchev–Trinajstić information content (AvgIpc) is 3.05. The number of nitrogens with one attached hydrogen (secondary N) is 1. The molecule has 0 bridgehead atoms. The van der Waals surface area contributed by atoms with Gasteiger partial charge in [-0.15, -0.1) is 0 Å². The van der Waals surface area contributed by atoms with Crippen LogP contribution in [0.15, 0.2) is 6.20 Å². The van der Waals surface area contributed by atoms with Crippen molar-refractivity contribution in [3.63, 3.8) is 0 Å². The van der Waals surface area contributed by atoms with Crippen LogP contribution >= 0.6 is 11.8 Å². The van der Waals surface area contributed by atoms with Crippen molar-refractivity contribution in [1.82, 2.24) is 15.1 Å². The van der Waals surface area contributed by atoms with Crippen LogP contribution in [0.25, 0.3) is 0 Å². The van der Waals surface area contributed by atoms with Crippen molar-refractivity contribution in [1.29, 1.82) is 0 Å². The van der Waals surface area contributed by atoms with E-state index in [0.717, 1.165) is 31.6 Å². The lowest BCUT2D eigenvalue weighted by molar-refractivity contribution is 0.0998. The number of primary amides is 1. The fourth-order valence-electron chi connectivity index (χ4n) is 2.91. The topological polar surface area (TPSA) is 72.9 Å². The molecule has 1 saturated heterocycles. The van der Waals surface area contributed by atoms with Crippen molar-refractivity contribution >= 4 is 17.7 Å². The minimum absolute atomic E-state index is 0.360. The van der Waals surface area contributed by atoms with Crippen LogP contribution in [0.4, 0.5) is 0 Å². The molecule has 3 N–H and O–H groups in total. The van der Waals surface area contributed by atoms with Gasteiger partial charge in [-0.05, 0) is 30.9 Å². The molecule has 1 fully saturated rings. The lowest BCUT2D eigenvalue weighted by Gasteiger charge is -2.25. The maximum atomic E-state index is 11.3. The maximum absolute atomic E-state index is 11.3. The first kappa shape index (κ1) is 13.0. The van der Waals surface area contributed by atoms with Crippen LogP contribution in [0.1, 0.15) is 28.9 Å². The van der Waals surface area contributed by atoms with E-state index in [4.69, 9.17) is 5.73 Å². The van der Waals surface area contributed by atoms with E-state index in [1.165, 1.54) is 17.9 Å². The van der Waals surface area contributed by atoms with Crippen LogP contribution < -0.4 is 11.1 Å². The molecule has 2 aliphatic heterocycles. The first-order chi connectivity index (χ1) is 9.24. The zero-order valence-electron chi connectivity index (χ0n) is 11.0. The van der Waals surface area contributed by atoms with Crippen LogP contribution in [0.2, 0.25) is 0 Å². The van der Waals surface area contributed by atoms with Crippen molar-refractivity contribution < 1.29 is 4.79 Å². The van der Waals surface area contributed by atoms with E-state index in [2.05, 4.69) is 10.4 Å². The van der Waals surface area contributed by atoms with Crippen molar-refractivity contribution in [3.8, 4) is 0 Å². The predicted octanol–water partition coefficient (Wildman–Crippen LogP) is 0.639. The molecule has 104 valence electrons. The van der Waals surface area contributed by atoms with Gasteiger partial charge in [0.25, 0.3) is 5.91 Å². The van der Waals surface area contributed by atoms with Gasteiger partial charge < -0.3 is 11.1 Å². The Balaban J connectivity index is 1.58. The summed E-state index contributed by atoms with van der Waals surface area (Å²) in [5.74, 6) is 2.78. The maximum Gasteiger partial charge on any atom is 0.252 e. The highest BCUT2D eigenvalue weighted by Gasteiger charge is 2.24. The van der Waals surface area contributed by atoms with Gasteiger partial charge in [0, 0.05) is 24.9 Å². The third-order valence-corrected chi connectivity index (χ3v) is 5.22. The molecular weight excluding hydrogens is 260 g/mol. The van der Waals surface area contributed by atoms with Crippen molar-refractivity contribution in [2.24, 2.45) is 11.7 Å². The normalized spacial score (nSPS) is 26.3. The second-order valence-electron chi connectivity index (χ2n) is 5.42. The third-order valence-electron chi connectivity index (χ3n) is 4.06. The molecule has 1 aromatic rings. The molecule has 0 spiro atoms. The Kier molecular flexibility index (Phi) is 3.79. The number of carbonyl (C=O) groups is 1. The molecule has 1 aromatic heterocycles. The Morgan fingerprint density at radius 3 is 3.21 bits per heavy atom. The molecule has 19 heavy (non-hydrogen) atoms. The standard InChI is InChI=1S/C13H20N4OS/c14-13(18)11-6-16-17-7-9(1-2-12(11)17)5-15-10-3-4-19-8-10/h6,9-10,15H,1-5,7-8H2,(H2,14,18)/t9-,10-/m0/s1. The number of rotatable bonds is 4. The zero-order valence-corrected chi connectivity index (χ0v) is 11.8. The van der Waals surface area contributed by atoms with Gasteiger partial charge >= 0.3 is 0 Å². The fraction of sp³-hybridized carbons (Fsp3) is 0.692. The molecule has 2 atom stereocenters. The van der Waals surface area contributed by atoms with E-state index in [0.29, 0.717) is 17.5 Å². The highest BCUT2D eigenvalue weighted by Crippen LogP contribution is 2.23. The van der Waals surface area contributed by atoms with Gasteiger partial charge in [-0.1, -0.05) is 0 Å². The molecule has 5 nitrogen and oxygen atoms in total. The lowest BCUT2D eigenvalue weighted by Crippen LogP contribution is -2.36. The summed E-state index contributed by atoms with van der Waals surface area (Å²) in [6.07, 6.45) is 4.92. The average molecular weight is 280 g/mol. The van der Waals surface area contributed by atoms with Gasteiger partial charge in [-0.25, -0.2) is 0 Å². The summed E-state index contributed by atoms with van der Waals surface area (Å²) in [5, 5.41) is 7.95. The summed E-state index contributed by atoms with van der Waals surface area (Å²) in [7, 11) is 0. The monoisotopic (exact) mass is 280 g/mol. The molecule has 0 saturated carbocycles. The molecule has 0 unspecified atom stereocenters. The van der Waals surface area contributed by atoms with E-state index in [1.54, 1.807) is 6.20 Å². The van der Waals surface area contributed by atoms with E-state index in [1.807, 2.05) is 16.4 Å². The predicted molar refractivity (Wildman–Crippen MR) is 76.3 cm³/mol. The van der Waals surface area contributed by atoms with Gasteiger partial charge in [0.2, 0.25) is 0 Å². The van der Waals surface area contributed by atoms with Crippen molar-refractivity contribution in [2.45, 2.75) is 31.8 Å². The Labute approximate surface area is 117 Å². The molecule has 1 amide bonds. The summed E-state index contributed by atoms with van der Waals surface area (Å²) in [4.78, 5) is 11.3. The smallest absolute Gasteiger partial charge is 0.252 e. The van der Waals surface area contributed by atoms with E-state index < -0.39 is 0 Å². The fourth-order valence-corrected chi connectivity index (χ4v) is 4.10. The first-order valence-electron chi connectivity index (χ1n) is 6.89. The summed E-state index contributed by atoms with van der Waals surface area (Å²) < 4.78 is 1.96. The SMILES string of the molecule is NC(=O)c1cnn2c1CC[C@@H](CN[C@H]1CCSC1)C2. The Morgan fingerprint density at radius 2 is 2.47 bits per heavy atom. The van der Waals surface area contributed by atoms with Crippen LogP contribution in [0.5, 0.6) is 0 Å². The molecule has 0 aromatic carbocycles. The van der Waals surface area contributed by atoms with Crippen LogP contribution in [-0.4, -0.2) is 39.8 Å². The van der Waals surface area contributed by atoms with Gasteiger partial charge in [-0.3, -0.25) is 9.48 Å². The van der Waals surface area contributed by atoms with Crippen LogP contribution in [0, 0.1) is 5.92 Å². The molecular formula is C13H20N4OS. The summed E-state index contributed by atoms with van der Waals surface area (Å²) in [6, 6.07) is 0.685. The van der Waals surface area contributed by atoms with Gasteiger partial charge in [0.05, 0.1) is 17.5 Å². The number of nitrogens with zero attached hydrogens (tertiary/aromatic N) is 2. The lowest BCUT2D eigenvalue weighted by atomic mass is 9.96. The van der Waals surface area contributed by atoms with Crippen molar-refractivity contribution in [3.05, 3.63) is 17.5 Å². The second-order valence-corrected chi connectivity index (χ2v) is 6.57. The highest BCUT2D eigenvalue weighted by molar-refractivity contribution is 7.99. The summed E-state index contributed by atoms with van der Waals surface area (Å²) in [6.45, 7) is 1.95. The first-order valence-corrected chi connectivity index (χ1v) is 8.05. The van der Waals surface area contributed by atoms with E-state index >= 15 is 0 Å². The number of aromatic nitrogens is 2. The third kappa shape index (κ3) is 2.79. The van der Waals surface area contributed by atoms with Gasteiger partial charge in [0.1, 0.15) is 0 Å². The van der Waals surface area contributed by atoms with E-state index in [9.17, 15) is 4.79 Å². The Hall–Kier alpha value is -1.01. The zero-order chi connectivity index (χ0) is 13.2. The number of carbonyl (C=O) groups excluding carboxylic acids is 1. The number of amides is 1. The van der Waals surface area contributed by atoms with Crippen LogP contribution in [0.3, 0.4) is 0 Å². The molecule has 3 heterocycles. The largest absolute Gasteiger partial charge is 0.365 e. The molecule has 2 aliphatic rings. The van der Waals surface area contributed by atoms with Gasteiger partial charge in [-0.2, -0.15) is 16.9 Å². The molecule has 0 aliphatic carbocycles. The Bertz CT molecular complexity index is 467. The Morgan fingerprint density at radius 1 is 1.58 bits per heavy atom. The highest BCUT2D eigenvalue weighted by atomic mass is 32.2. The van der Waals surface area contributed by atoms with E-state index in [-0.39, 0.29) is 5.91 Å². The van der Waals surface area contributed by atoms with Crippen molar-refractivity contribution in [2.75, 3.05) is 18.1 Å². The van der Waals surface area contributed by atoms with Crippen LogP contribution in [-0.2, 0) is 13.0 Å². The molecule has 3 rings (SSSR count). The number of hydrogen-bond donors (Lipinski definition) is 2. The number of nitrogens with two attached hydrogens (primary N) is 1. The number of hydrogen-bond acceptors (Lipinski definition) is 4. The number of thioether (sulfide) groups is 1. The molecule has 6 heteroatoms.